The minimum Gasteiger partial charge on any atom is -1.00 e. The number of allylic oxidation sites excluding steroid dienone is 6. The van der Waals surface area contributed by atoms with Gasteiger partial charge >= 0.3 is 143 Å². The van der Waals surface area contributed by atoms with E-state index in [2.05, 4.69) is 100 Å². The fraction of sp³-hybridized carbons (Fsp3) is 0.300. The van der Waals surface area contributed by atoms with Crippen LogP contribution in [0.5, 0.6) is 0 Å². The van der Waals surface area contributed by atoms with Gasteiger partial charge in [-0.15, -0.1) is 0 Å². The van der Waals surface area contributed by atoms with Crippen LogP contribution in [0.3, 0.4) is 0 Å². The number of nitrogens with zero attached hydrogens (tertiary/aromatic N) is 1. The molecule has 2 aliphatic carbocycles. The summed E-state index contributed by atoms with van der Waals surface area (Å²) in [6.45, 7) is 13.9. The third kappa shape index (κ3) is 4.52. The molecule has 0 aromatic heterocycles. The largest absolute Gasteiger partial charge is 1.00 e. The Hall–Kier alpha value is -1.25. The van der Waals surface area contributed by atoms with Gasteiger partial charge in [0, 0.05) is 11.8 Å². The first-order valence-electron chi connectivity index (χ1n) is 12.1. The van der Waals surface area contributed by atoms with Crippen molar-refractivity contribution in [3.8, 4) is 11.1 Å². The maximum Gasteiger partial charge on any atom is -1.00 e. The van der Waals surface area contributed by atoms with Gasteiger partial charge in [0.25, 0.3) is 0 Å². The summed E-state index contributed by atoms with van der Waals surface area (Å²) in [5, 5.41) is 3.27. The Morgan fingerprint density at radius 2 is 1.69 bits per heavy atom. The summed E-state index contributed by atoms with van der Waals surface area (Å²) in [5.74, 6) is 0.645. The summed E-state index contributed by atoms with van der Waals surface area (Å²) < 4.78 is 0.645. The van der Waals surface area contributed by atoms with Crippen molar-refractivity contribution in [1.82, 2.24) is 0 Å². The van der Waals surface area contributed by atoms with E-state index < -0.39 is 8.07 Å². The fourth-order valence-corrected chi connectivity index (χ4v) is 10.6. The Morgan fingerprint density at radius 1 is 1.00 bits per heavy atom. The summed E-state index contributed by atoms with van der Waals surface area (Å²) >= 11 is 1.59. The van der Waals surface area contributed by atoms with Crippen molar-refractivity contribution in [3.63, 3.8) is 0 Å². The van der Waals surface area contributed by atoms with Gasteiger partial charge in [0.1, 0.15) is 8.07 Å². The molecule has 1 nitrogen and oxygen atoms in total. The standard InChI is InChI=1S/C20H21.C10H11NSi.2ClH.Zr/c1-4-15(3)16-8-10-17(11-9-16)19-7-5-6-18-12-14(2)13-20(18)19;1-6-9-7-4-5-11-8(7)10(6)12(9,2)3;;;/h5-13,15H,4H2,1-3H3;4-5H,1-3H3;2*1H;/q;;;;+2/p-2. The molecule has 0 fully saturated rings. The van der Waals surface area contributed by atoms with E-state index in [0.717, 1.165) is 0 Å². The van der Waals surface area contributed by atoms with E-state index in [1.165, 1.54) is 56.7 Å². The van der Waals surface area contributed by atoms with E-state index in [1.54, 1.807) is 35.1 Å². The third-order valence-electron chi connectivity index (χ3n) is 7.89. The first-order chi connectivity index (χ1) is 15.8. The Kier molecular flexibility index (Phi) is 8.60. The van der Waals surface area contributed by atoms with Crippen LogP contribution in [0.15, 0.2) is 86.8 Å². The molecule has 0 saturated heterocycles. The summed E-state index contributed by atoms with van der Waals surface area (Å²) in [5.41, 5.74) is 12.9. The van der Waals surface area contributed by atoms with Crippen molar-refractivity contribution in [2.75, 3.05) is 0 Å². The van der Waals surface area contributed by atoms with Crippen LogP contribution in [0.1, 0.15) is 60.3 Å². The summed E-state index contributed by atoms with van der Waals surface area (Å²) in [6.07, 6.45) is 7.68. The molecule has 0 spiro atoms. The maximum absolute atomic E-state index is 4.42. The van der Waals surface area contributed by atoms with Crippen LogP contribution in [0.4, 0.5) is 0 Å². The number of fused-ring (bicyclic) bond motifs is 1. The zero-order chi connectivity index (χ0) is 23.5. The van der Waals surface area contributed by atoms with Gasteiger partial charge in [-0.3, -0.25) is 4.99 Å². The number of hydrogen-bond donors (Lipinski definition) is 0. The van der Waals surface area contributed by atoms with Gasteiger partial charge in [0.15, 0.2) is 0 Å². The van der Waals surface area contributed by atoms with Gasteiger partial charge in [-0.05, 0) is 29.0 Å². The molecule has 0 N–H and O–H groups in total. The minimum absolute atomic E-state index is 0. The van der Waals surface area contributed by atoms with Crippen LogP contribution in [0, 0.1) is 0 Å². The molecule has 0 saturated carbocycles. The van der Waals surface area contributed by atoms with Gasteiger partial charge in [-0.1, -0.05) is 13.1 Å². The molecule has 2 unspecified atom stereocenters. The Labute approximate surface area is 239 Å². The molecule has 2 aromatic rings. The Morgan fingerprint density at radius 3 is 2.29 bits per heavy atom. The second-order valence-electron chi connectivity index (χ2n) is 10.3. The molecule has 2 bridgehead atoms. The van der Waals surface area contributed by atoms with Crippen LogP contribution in [0.25, 0.3) is 17.2 Å². The van der Waals surface area contributed by atoms with Gasteiger partial charge < -0.3 is 24.8 Å². The minimum atomic E-state index is -1.13. The molecule has 35 heavy (non-hydrogen) atoms. The van der Waals surface area contributed by atoms with Crippen molar-refractivity contribution in [2.24, 2.45) is 4.99 Å². The number of hydrogen-bond acceptors (Lipinski definition) is 1. The van der Waals surface area contributed by atoms with E-state index in [9.17, 15) is 0 Å². The molecule has 2 aromatic carbocycles. The number of rotatable bonds is 3. The number of halogens is 2. The van der Waals surface area contributed by atoms with E-state index in [-0.39, 0.29) is 24.8 Å². The first kappa shape index (κ1) is 28.3. The first-order valence-corrected chi connectivity index (χ1v) is 16.5. The second kappa shape index (κ2) is 10.6. The molecule has 5 aliphatic rings. The predicted octanol–water partition coefficient (Wildman–Crippen LogP) is 2.26. The second-order valence-corrected chi connectivity index (χ2v) is 15.9. The average Bonchev–Trinajstić information content (AvgIpc) is 3.50. The molecular formula is C30H32Cl2NSiZr. The van der Waals surface area contributed by atoms with E-state index in [4.69, 9.17) is 0 Å². The zero-order valence-electron chi connectivity index (χ0n) is 21.3. The summed E-state index contributed by atoms with van der Waals surface area (Å²) in [6, 6.07) is 15.9. The van der Waals surface area contributed by atoms with E-state index in [1.807, 2.05) is 6.20 Å². The average molecular weight is 597 g/mol. The van der Waals surface area contributed by atoms with Gasteiger partial charge in [0.05, 0.1) is 5.71 Å². The van der Waals surface area contributed by atoms with Gasteiger partial charge in [-0.25, -0.2) is 0 Å². The fourth-order valence-electron chi connectivity index (χ4n) is 5.90. The molecule has 7 rings (SSSR count). The van der Waals surface area contributed by atoms with E-state index >= 15 is 0 Å². The molecule has 179 valence electrons. The maximum atomic E-state index is 4.42. The molecule has 0 radical (unpaired) electrons. The molecular weight excluding hydrogens is 565 g/mol. The van der Waals surface area contributed by atoms with Crippen molar-refractivity contribution in [2.45, 2.75) is 56.8 Å². The summed E-state index contributed by atoms with van der Waals surface area (Å²) in [7, 11) is -1.13. The van der Waals surface area contributed by atoms with Crippen LogP contribution < -0.4 is 24.8 Å². The molecule has 2 atom stereocenters. The van der Waals surface area contributed by atoms with Crippen LogP contribution in [0.2, 0.25) is 13.1 Å². The van der Waals surface area contributed by atoms with Crippen molar-refractivity contribution >= 4 is 19.9 Å². The van der Waals surface area contributed by atoms with Crippen molar-refractivity contribution < 1.29 is 49.5 Å². The Bertz CT molecular complexity index is 1310. The van der Waals surface area contributed by atoms with Crippen LogP contribution in [-0.2, 0) is 24.7 Å². The SMILES string of the molecule is CC1=C2C3=NC=CC3=C1[Si]2(C)C.CCC(C)c1ccc(-c2cccc3c2C=C(C)[CH]3[Zr+2])cc1.[Cl-].[Cl-]. The Balaban J connectivity index is 0.000000208. The quantitative estimate of drug-likeness (QED) is 0.483. The van der Waals surface area contributed by atoms with Gasteiger partial charge in [-0.2, -0.15) is 0 Å². The monoisotopic (exact) mass is 594 g/mol. The normalized spacial score (nSPS) is 20.5. The third-order valence-corrected chi connectivity index (χ3v) is 13.5. The molecule has 3 aliphatic heterocycles. The van der Waals surface area contributed by atoms with E-state index in [0.29, 0.717) is 9.54 Å². The smallest absolute Gasteiger partial charge is 1.00 e. The zero-order valence-corrected chi connectivity index (χ0v) is 26.3. The topological polar surface area (TPSA) is 12.4 Å². The van der Waals surface area contributed by atoms with Crippen LogP contribution in [-0.4, -0.2) is 13.8 Å². The molecule has 3 heterocycles. The number of benzene rings is 2. The van der Waals surface area contributed by atoms with Crippen LogP contribution >= 0.6 is 0 Å². The summed E-state index contributed by atoms with van der Waals surface area (Å²) in [4.78, 5) is 4.42. The van der Waals surface area contributed by atoms with Crippen molar-refractivity contribution in [1.29, 1.82) is 0 Å². The molecule has 5 heteroatoms. The van der Waals surface area contributed by atoms with Gasteiger partial charge in [0.2, 0.25) is 0 Å². The predicted molar refractivity (Wildman–Crippen MR) is 141 cm³/mol. The number of aliphatic imine (C=N–C) groups is 1. The van der Waals surface area contributed by atoms with Crippen molar-refractivity contribution in [3.05, 3.63) is 98.5 Å². The molecule has 0 amide bonds.